The molecular formula is C25H36IN5O2. The fraction of sp³-hybridized carbons (Fsp3) is 0.600. The van der Waals surface area contributed by atoms with Crippen LogP contribution in [0.25, 0.3) is 0 Å². The first-order chi connectivity index (χ1) is 15.9. The summed E-state index contributed by atoms with van der Waals surface area (Å²) < 4.78 is 6.09. The molecule has 0 bridgehead atoms. The van der Waals surface area contributed by atoms with E-state index in [1.165, 1.54) is 36.9 Å². The number of phenols is 1. The second-order valence-electron chi connectivity index (χ2n) is 9.52. The molecule has 0 saturated heterocycles. The molecule has 1 aromatic carbocycles. The number of benzene rings is 1. The van der Waals surface area contributed by atoms with E-state index in [0.29, 0.717) is 17.7 Å². The first kappa shape index (κ1) is 24.3. The third-order valence-corrected chi connectivity index (χ3v) is 7.66. The third-order valence-electron chi connectivity index (χ3n) is 6.84. The topological polar surface area (TPSA) is 82.5 Å². The van der Waals surface area contributed by atoms with Crippen molar-refractivity contribution >= 4 is 34.4 Å². The van der Waals surface area contributed by atoms with Crippen LogP contribution in [0.3, 0.4) is 0 Å². The number of phenolic OH excluding ortho intramolecular Hbond substituents is 1. The summed E-state index contributed by atoms with van der Waals surface area (Å²) in [6, 6.07) is 4.36. The molecule has 0 amide bonds. The number of aromatic hydroxyl groups is 1. The van der Waals surface area contributed by atoms with Crippen LogP contribution in [0.2, 0.25) is 0 Å². The molecule has 0 unspecified atom stereocenters. The van der Waals surface area contributed by atoms with E-state index in [0.717, 1.165) is 59.7 Å². The van der Waals surface area contributed by atoms with Crippen LogP contribution in [0.1, 0.15) is 55.3 Å². The van der Waals surface area contributed by atoms with Gasteiger partial charge in [-0.25, -0.2) is 4.98 Å². The second-order valence-corrected chi connectivity index (χ2v) is 10.7. The Morgan fingerprint density at radius 3 is 2.61 bits per heavy atom. The van der Waals surface area contributed by atoms with Gasteiger partial charge in [-0.15, -0.1) is 0 Å². The standard InChI is InChI=1S/C25H36IN5O2/c1-31(2)24-19-6-4-5-7-21(19)29-25(30-24)28-18-10-8-16(9-11-18)14-27-15-17-12-20(26)23(32)22(13-17)33-3/h12-13,16,18,27,32H,4-11,14-15H2,1-3H3,(H,28,29,30). The summed E-state index contributed by atoms with van der Waals surface area (Å²) in [4.78, 5) is 11.9. The number of hydrogen-bond donors (Lipinski definition) is 3. The third kappa shape index (κ3) is 6.01. The fourth-order valence-corrected chi connectivity index (χ4v) is 5.67. The summed E-state index contributed by atoms with van der Waals surface area (Å²) in [5.41, 5.74) is 3.71. The molecule has 0 radical (unpaired) electrons. The van der Waals surface area contributed by atoms with E-state index in [-0.39, 0.29) is 5.75 Å². The summed E-state index contributed by atoms with van der Waals surface area (Å²) in [6.07, 6.45) is 9.32. The van der Waals surface area contributed by atoms with Crippen molar-refractivity contribution in [2.24, 2.45) is 5.92 Å². The smallest absolute Gasteiger partial charge is 0.225 e. The van der Waals surface area contributed by atoms with Gasteiger partial charge < -0.3 is 25.4 Å². The highest BCUT2D eigenvalue weighted by atomic mass is 127. The normalized spacial score (nSPS) is 20.2. The van der Waals surface area contributed by atoms with Gasteiger partial charge in [-0.05, 0) is 104 Å². The van der Waals surface area contributed by atoms with E-state index in [2.05, 4.69) is 52.2 Å². The zero-order valence-electron chi connectivity index (χ0n) is 20.0. The summed E-state index contributed by atoms with van der Waals surface area (Å²) in [6.45, 7) is 1.79. The molecule has 2 aliphatic carbocycles. The minimum absolute atomic E-state index is 0.216. The Morgan fingerprint density at radius 1 is 1.12 bits per heavy atom. The molecular weight excluding hydrogens is 529 g/mol. The van der Waals surface area contributed by atoms with Crippen molar-refractivity contribution in [3.8, 4) is 11.5 Å². The minimum Gasteiger partial charge on any atom is -0.504 e. The Hall–Kier alpha value is -1.81. The lowest BCUT2D eigenvalue weighted by Crippen LogP contribution is -2.32. The van der Waals surface area contributed by atoms with Crippen molar-refractivity contribution in [3.63, 3.8) is 0 Å². The molecule has 1 aromatic heterocycles. The predicted molar refractivity (Wildman–Crippen MR) is 141 cm³/mol. The number of fused-ring (bicyclic) bond motifs is 1. The maximum Gasteiger partial charge on any atom is 0.225 e. The molecule has 2 aliphatic rings. The first-order valence-electron chi connectivity index (χ1n) is 12.0. The average Bonchev–Trinajstić information content (AvgIpc) is 2.81. The van der Waals surface area contributed by atoms with Crippen LogP contribution in [0.4, 0.5) is 11.8 Å². The lowest BCUT2D eigenvalue weighted by molar-refractivity contribution is 0.323. The Bertz CT molecular complexity index is 960. The lowest BCUT2D eigenvalue weighted by Gasteiger charge is -2.30. The molecule has 2 aromatic rings. The van der Waals surface area contributed by atoms with E-state index in [1.807, 2.05) is 12.1 Å². The van der Waals surface area contributed by atoms with Gasteiger partial charge in [0.1, 0.15) is 5.82 Å². The molecule has 1 saturated carbocycles. The van der Waals surface area contributed by atoms with Crippen LogP contribution in [0.5, 0.6) is 11.5 Å². The van der Waals surface area contributed by atoms with Crippen molar-refractivity contribution < 1.29 is 9.84 Å². The molecule has 0 atom stereocenters. The number of aryl methyl sites for hydroxylation is 1. The molecule has 7 nitrogen and oxygen atoms in total. The number of nitrogens with zero attached hydrogens (tertiary/aromatic N) is 3. The quantitative estimate of drug-likeness (QED) is 0.407. The van der Waals surface area contributed by atoms with Gasteiger partial charge in [0.2, 0.25) is 5.95 Å². The number of nitrogens with one attached hydrogen (secondary N) is 2. The predicted octanol–water partition coefficient (Wildman–Crippen LogP) is 4.50. The van der Waals surface area contributed by atoms with Crippen LogP contribution in [-0.4, -0.2) is 48.9 Å². The van der Waals surface area contributed by atoms with Crippen LogP contribution in [-0.2, 0) is 19.4 Å². The largest absolute Gasteiger partial charge is 0.504 e. The highest BCUT2D eigenvalue weighted by molar-refractivity contribution is 14.1. The summed E-state index contributed by atoms with van der Waals surface area (Å²) in [7, 11) is 5.74. The number of aromatic nitrogens is 2. The van der Waals surface area contributed by atoms with Gasteiger partial charge in [0.25, 0.3) is 0 Å². The highest BCUT2D eigenvalue weighted by Crippen LogP contribution is 2.33. The Balaban J connectivity index is 1.27. The van der Waals surface area contributed by atoms with Gasteiger partial charge in [0.05, 0.1) is 16.4 Å². The van der Waals surface area contributed by atoms with Crippen LogP contribution in [0.15, 0.2) is 12.1 Å². The van der Waals surface area contributed by atoms with Crippen molar-refractivity contribution in [2.45, 2.75) is 64.0 Å². The number of hydrogen-bond acceptors (Lipinski definition) is 7. The van der Waals surface area contributed by atoms with E-state index in [9.17, 15) is 5.11 Å². The van der Waals surface area contributed by atoms with Crippen molar-refractivity contribution in [3.05, 3.63) is 32.5 Å². The zero-order valence-corrected chi connectivity index (χ0v) is 22.1. The molecule has 0 spiro atoms. The van der Waals surface area contributed by atoms with Gasteiger partial charge in [-0.2, -0.15) is 4.98 Å². The summed E-state index contributed by atoms with van der Waals surface area (Å²) in [5, 5.41) is 17.3. The van der Waals surface area contributed by atoms with Gasteiger partial charge in [-0.1, -0.05) is 0 Å². The van der Waals surface area contributed by atoms with Crippen LogP contribution >= 0.6 is 22.6 Å². The molecule has 180 valence electrons. The van der Waals surface area contributed by atoms with E-state index < -0.39 is 0 Å². The average molecular weight is 566 g/mol. The highest BCUT2D eigenvalue weighted by Gasteiger charge is 2.24. The van der Waals surface area contributed by atoms with Gasteiger partial charge >= 0.3 is 0 Å². The summed E-state index contributed by atoms with van der Waals surface area (Å²) in [5.74, 6) is 3.32. The van der Waals surface area contributed by atoms with Gasteiger partial charge in [-0.3, -0.25) is 0 Å². The van der Waals surface area contributed by atoms with Gasteiger partial charge in [0.15, 0.2) is 11.5 Å². The van der Waals surface area contributed by atoms with Crippen molar-refractivity contribution in [2.75, 3.05) is 38.0 Å². The molecule has 3 N–H and O–H groups in total. The first-order valence-corrected chi connectivity index (χ1v) is 13.1. The Labute approximate surface area is 210 Å². The SMILES string of the molecule is COc1cc(CNCC2CCC(Nc3nc4c(c(N(C)C)n3)CCCC4)CC2)cc(I)c1O. The van der Waals surface area contributed by atoms with Crippen LogP contribution < -0.4 is 20.3 Å². The summed E-state index contributed by atoms with van der Waals surface area (Å²) >= 11 is 2.14. The minimum atomic E-state index is 0.216. The van der Waals surface area contributed by atoms with E-state index >= 15 is 0 Å². The zero-order chi connectivity index (χ0) is 23.4. The number of ether oxygens (including phenoxy) is 1. The van der Waals surface area contributed by atoms with Crippen molar-refractivity contribution in [1.29, 1.82) is 0 Å². The van der Waals surface area contributed by atoms with E-state index in [1.54, 1.807) is 7.11 Å². The molecule has 1 fully saturated rings. The number of anilines is 2. The number of methoxy groups -OCH3 is 1. The fourth-order valence-electron chi connectivity index (χ4n) is 5.01. The van der Waals surface area contributed by atoms with Crippen molar-refractivity contribution in [1.82, 2.24) is 15.3 Å². The molecule has 1 heterocycles. The Kier molecular flexibility index (Phi) is 8.16. The van der Waals surface area contributed by atoms with Crippen LogP contribution in [0, 0.1) is 9.49 Å². The van der Waals surface area contributed by atoms with E-state index in [4.69, 9.17) is 14.7 Å². The molecule has 0 aliphatic heterocycles. The number of halogens is 1. The maximum absolute atomic E-state index is 10.0. The Morgan fingerprint density at radius 2 is 1.88 bits per heavy atom. The monoisotopic (exact) mass is 565 g/mol. The molecule has 4 rings (SSSR count). The maximum atomic E-state index is 10.0. The molecule has 8 heteroatoms. The van der Waals surface area contributed by atoms with Gasteiger partial charge in [0, 0.05) is 32.2 Å². The number of rotatable bonds is 8. The second kappa shape index (κ2) is 11.1. The molecule has 33 heavy (non-hydrogen) atoms. The lowest BCUT2D eigenvalue weighted by atomic mass is 9.86.